The number of hydrogen-bond acceptors (Lipinski definition) is 8. The average molecular weight is 901 g/mol. The van der Waals surface area contributed by atoms with Gasteiger partial charge in [-0.3, -0.25) is 4.79 Å². The Balaban J connectivity index is 1.43. The Kier molecular flexibility index (Phi) is 16.0. The number of carbonyl (C=O) groups excluding carboxylic acids is 1. The van der Waals surface area contributed by atoms with Gasteiger partial charge in [0.1, 0.15) is 40.2 Å². The Morgan fingerprint density at radius 1 is 0.391 bits per heavy atom. The molecule has 0 aromatic heterocycles. The smallest absolute Gasteiger partial charge is 0.497 e. The molecule has 6 rings (SSSR count). The molecule has 8 nitrogen and oxygen atoms in total. The van der Waals surface area contributed by atoms with E-state index < -0.39 is 17.2 Å². The summed E-state index contributed by atoms with van der Waals surface area (Å²) in [7, 11) is -2.78. The van der Waals surface area contributed by atoms with Crippen molar-refractivity contribution in [1.29, 1.82) is 0 Å². The van der Waals surface area contributed by atoms with E-state index in [2.05, 4.69) is 104 Å². The minimum absolute atomic E-state index is 0.160. The first kappa shape index (κ1) is 47.9. The van der Waals surface area contributed by atoms with Gasteiger partial charge in [-0.15, -0.1) is 0 Å². The van der Waals surface area contributed by atoms with Crippen molar-refractivity contribution in [2.24, 2.45) is 0 Å². The van der Waals surface area contributed by atoms with Gasteiger partial charge >= 0.3 is 17.2 Å². The second kappa shape index (κ2) is 21.4. The molecular weight excluding hydrogens is 839 g/mol. The van der Waals surface area contributed by atoms with E-state index in [4.69, 9.17) is 31.9 Å². The van der Waals surface area contributed by atoms with Gasteiger partial charge in [-0.25, -0.2) is 0 Å². The molecule has 6 aromatic rings. The zero-order valence-electron chi connectivity index (χ0n) is 39.4. The number of benzene rings is 6. The summed E-state index contributed by atoms with van der Waals surface area (Å²) >= 11 is 0. The third-order valence-electron chi connectivity index (χ3n) is 10.8. The molecule has 0 N–H and O–H groups in total. The van der Waals surface area contributed by atoms with Gasteiger partial charge in [0, 0.05) is 6.07 Å². The number of carbonyl (C=O) groups is 1. The lowest BCUT2D eigenvalue weighted by Gasteiger charge is -2.24. The van der Waals surface area contributed by atoms with E-state index in [0.717, 1.165) is 44.5 Å². The summed E-state index contributed by atoms with van der Waals surface area (Å²) in [6.07, 6.45) is 0. The van der Waals surface area contributed by atoms with Crippen LogP contribution in [-0.4, -0.2) is 12.9 Å². The summed E-state index contributed by atoms with van der Waals surface area (Å²) in [6, 6.07) is 36.8. The van der Waals surface area contributed by atoms with Crippen molar-refractivity contribution in [2.75, 3.05) is 7.11 Å². The quantitative estimate of drug-likeness (QED) is 0.0587. The fraction of sp³-hybridized carbons (Fsp3) is 0.315. The molecule has 0 saturated carbocycles. The molecule has 0 aliphatic carbocycles. The van der Waals surface area contributed by atoms with Crippen LogP contribution < -0.4 is 31.9 Å². The number of rotatable bonds is 19. The maximum atomic E-state index is 15.1. The summed E-state index contributed by atoms with van der Waals surface area (Å²) in [5.41, 5.74) is 8.71. The fourth-order valence-corrected chi connectivity index (χ4v) is 9.29. The predicted octanol–water partition coefficient (Wildman–Crippen LogP) is 16.2. The van der Waals surface area contributed by atoms with Crippen molar-refractivity contribution >= 4 is 23.0 Å². The Morgan fingerprint density at radius 3 is 1.08 bits per heavy atom. The van der Waals surface area contributed by atoms with Crippen LogP contribution in [0, 0.1) is 27.7 Å². The SMILES string of the molecule is COc1ccc(C(=O)c2ccccc2OP(Oc2cc(C)ccc2C(C)C)Oc2cc(C)ccc2C(C)C)c(OP(Oc2cc(C)ccc2C(C)C)Oc2cc(C)ccc2C(C)C)c1. The zero-order valence-corrected chi connectivity index (χ0v) is 41.2. The minimum Gasteiger partial charge on any atom is -0.497 e. The van der Waals surface area contributed by atoms with Gasteiger partial charge < -0.3 is 31.9 Å². The van der Waals surface area contributed by atoms with Crippen LogP contribution >= 0.6 is 17.2 Å². The van der Waals surface area contributed by atoms with Crippen LogP contribution in [0.4, 0.5) is 0 Å². The van der Waals surface area contributed by atoms with Crippen LogP contribution in [0.15, 0.2) is 115 Å². The second-order valence-corrected chi connectivity index (χ2v) is 19.5. The predicted molar refractivity (Wildman–Crippen MR) is 262 cm³/mol. The van der Waals surface area contributed by atoms with E-state index in [0.29, 0.717) is 28.7 Å². The van der Waals surface area contributed by atoms with Gasteiger partial charge in [-0.05, 0) is 144 Å². The molecule has 10 heteroatoms. The van der Waals surface area contributed by atoms with Gasteiger partial charge in [0.2, 0.25) is 5.78 Å². The molecule has 6 aromatic carbocycles. The molecule has 0 fully saturated rings. The van der Waals surface area contributed by atoms with E-state index in [1.54, 1.807) is 43.5 Å². The lowest BCUT2D eigenvalue weighted by atomic mass is 10.0. The third-order valence-corrected chi connectivity index (χ3v) is 12.8. The van der Waals surface area contributed by atoms with Crippen molar-refractivity contribution in [3.05, 3.63) is 171 Å². The van der Waals surface area contributed by atoms with Crippen molar-refractivity contribution in [1.82, 2.24) is 0 Å². The Morgan fingerprint density at radius 2 is 0.719 bits per heavy atom. The Bertz CT molecular complexity index is 2450. The highest BCUT2D eigenvalue weighted by atomic mass is 31.2. The van der Waals surface area contributed by atoms with Gasteiger partial charge in [0.15, 0.2) is 0 Å². The monoisotopic (exact) mass is 900 g/mol. The molecule has 0 amide bonds. The van der Waals surface area contributed by atoms with Crippen molar-refractivity contribution < 1.29 is 36.7 Å². The molecule has 0 bridgehead atoms. The van der Waals surface area contributed by atoms with Crippen LogP contribution in [0.25, 0.3) is 0 Å². The topological polar surface area (TPSA) is 81.7 Å². The summed E-state index contributed by atoms with van der Waals surface area (Å²) < 4.78 is 46.2. The molecule has 0 spiro atoms. The third kappa shape index (κ3) is 12.0. The molecular formula is C54H62O8P2. The molecule has 0 atom stereocenters. The maximum absolute atomic E-state index is 15.1. The number of methoxy groups -OCH3 is 1. The maximum Gasteiger partial charge on any atom is 0.530 e. The normalized spacial score (nSPS) is 11.5. The Labute approximate surface area is 383 Å². The first-order valence-corrected chi connectivity index (χ1v) is 24.1. The number of aryl methyl sites for hydroxylation is 4. The van der Waals surface area contributed by atoms with Crippen LogP contribution in [-0.2, 0) is 0 Å². The van der Waals surface area contributed by atoms with Gasteiger partial charge in [-0.1, -0.05) is 116 Å². The molecule has 0 unspecified atom stereocenters. The van der Waals surface area contributed by atoms with Crippen molar-refractivity contribution in [3.8, 4) is 40.2 Å². The molecule has 0 heterocycles. The second-order valence-electron chi connectivity index (χ2n) is 17.5. The van der Waals surface area contributed by atoms with Gasteiger partial charge in [0.05, 0.1) is 18.2 Å². The first-order valence-electron chi connectivity index (χ1n) is 21.9. The number of ketones is 1. The van der Waals surface area contributed by atoms with Crippen molar-refractivity contribution in [3.63, 3.8) is 0 Å². The van der Waals surface area contributed by atoms with E-state index in [1.165, 1.54) is 0 Å². The number of ether oxygens (including phenoxy) is 1. The van der Waals surface area contributed by atoms with Crippen molar-refractivity contribution in [2.45, 2.75) is 107 Å². The molecule has 0 radical (unpaired) electrons. The minimum atomic E-state index is -2.20. The summed E-state index contributed by atoms with van der Waals surface area (Å²) in [5.74, 6) is 3.91. The molecule has 0 aliphatic heterocycles. The largest absolute Gasteiger partial charge is 0.530 e. The summed E-state index contributed by atoms with van der Waals surface area (Å²) in [6.45, 7) is 25.1. The number of para-hydroxylation sites is 1. The van der Waals surface area contributed by atoms with Crippen LogP contribution in [0.2, 0.25) is 0 Å². The van der Waals surface area contributed by atoms with E-state index >= 15 is 4.79 Å². The van der Waals surface area contributed by atoms with Gasteiger partial charge in [-0.2, -0.15) is 0 Å². The van der Waals surface area contributed by atoms with E-state index in [-0.39, 0.29) is 52.1 Å². The summed E-state index contributed by atoms with van der Waals surface area (Å²) in [4.78, 5) is 15.1. The molecule has 336 valence electrons. The number of hydrogen-bond donors (Lipinski definition) is 0. The molecule has 0 saturated heterocycles. The highest BCUT2D eigenvalue weighted by Crippen LogP contribution is 2.50. The van der Waals surface area contributed by atoms with E-state index in [1.807, 2.05) is 58.0 Å². The highest BCUT2D eigenvalue weighted by Gasteiger charge is 2.31. The average Bonchev–Trinajstić information content (AvgIpc) is 3.23. The molecule has 64 heavy (non-hydrogen) atoms. The first-order chi connectivity index (χ1) is 30.5. The van der Waals surface area contributed by atoms with E-state index in [9.17, 15) is 0 Å². The molecule has 0 aliphatic rings. The Hall–Kier alpha value is -5.55. The standard InChI is InChI=1S/C54H62O8P2/c1-33(2)42-23-18-37(9)28-49(42)58-63(59-50-29-38(10)19-24-43(50)34(3)4)57-48-17-15-14-16-46(48)54(55)47-27-22-41(56-13)32-53(47)62-64(60-51-30-39(11)20-25-44(51)35(5)6)61-52-31-40(12)21-26-45(52)36(7)8/h14-36H,1-13H3. The van der Waals surface area contributed by atoms with Crippen LogP contribution in [0.5, 0.6) is 40.2 Å². The fourth-order valence-electron chi connectivity index (χ4n) is 7.16. The highest BCUT2D eigenvalue weighted by molar-refractivity contribution is 7.43. The van der Waals surface area contributed by atoms with Gasteiger partial charge in [0.25, 0.3) is 0 Å². The van der Waals surface area contributed by atoms with Crippen LogP contribution in [0.3, 0.4) is 0 Å². The van der Waals surface area contributed by atoms with Crippen LogP contribution in [0.1, 0.15) is 139 Å². The lowest BCUT2D eigenvalue weighted by molar-refractivity contribution is 0.103. The summed E-state index contributed by atoms with van der Waals surface area (Å²) in [5, 5.41) is 0. The zero-order chi connectivity index (χ0) is 46.2. The lowest BCUT2D eigenvalue weighted by Crippen LogP contribution is -2.11.